The fourth-order valence-electron chi connectivity index (χ4n) is 1.27. The van der Waals surface area contributed by atoms with E-state index in [1.165, 1.54) is 6.33 Å². The standard InChI is InChI=1S/C11H6BrN3/c12-11-2-8(4-13)1-9(3-11)10-5-14-7-15-6-10/h1-3,5-7H. The minimum atomic E-state index is 0.614. The third-order valence-electron chi connectivity index (χ3n) is 1.92. The van der Waals surface area contributed by atoms with Crippen molar-refractivity contribution >= 4 is 15.9 Å². The highest BCUT2D eigenvalue weighted by Gasteiger charge is 2.01. The molecule has 0 saturated carbocycles. The highest BCUT2D eigenvalue weighted by molar-refractivity contribution is 9.10. The summed E-state index contributed by atoms with van der Waals surface area (Å²) in [6.07, 6.45) is 4.92. The van der Waals surface area contributed by atoms with Gasteiger partial charge in [0.2, 0.25) is 0 Å². The largest absolute Gasteiger partial charge is 0.244 e. The molecule has 0 radical (unpaired) electrons. The summed E-state index contributed by atoms with van der Waals surface area (Å²) in [4.78, 5) is 7.87. The SMILES string of the molecule is N#Cc1cc(Br)cc(-c2cncnc2)c1. The molecule has 1 heterocycles. The molecule has 1 aromatic heterocycles. The highest BCUT2D eigenvalue weighted by Crippen LogP contribution is 2.23. The van der Waals surface area contributed by atoms with Crippen molar-refractivity contribution in [3.05, 3.63) is 47.0 Å². The molecule has 4 heteroatoms. The summed E-state index contributed by atoms with van der Waals surface area (Å²) >= 11 is 3.36. The Balaban J connectivity index is 2.55. The number of nitriles is 1. The third-order valence-corrected chi connectivity index (χ3v) is 2.38. The Morgan fingerprint density at radius 2 is 1.80 bits per heavy atom. The van der Waals surface area contributed by atoms with Crippen molar-refractivity contribution in [1.29, 1.82) is 5.26 Å². The number of nitrogens with zero attached hydrogens (tertiary/aromatic N) is 3. The number of hydrogen-bond acceptors (Lipinski definition) is 3. The monoisotopic (exact) mass is 259 g/mol. The Hall–Kier alpha value is -1.73. The predicted octanol–water partition coefficient (Wildman–Crippen LogP) is 2.78. The molecule has 0 saturated heterocycles. The summed E-state index contributed by atoms with van der Waals surface area (Å²) in [7, 11) is 0. The van der Waals surface area contributed by atoms with Gasteiger partial charge in [0.05, 0.1) is 11.6 Å². The van der Waals surface area contributed by atoms with Crippen LogP contribution in [-0.4, -0.2) is 9.97 Å². The van der Waals surface area contributed by atoms with E-state index in [0.29, 0.717) is 5.56 Å². The summed E-state index contributed by atoms with van der Waals surface area (Å²) in [6.45, 7) is 0. The average Bonchev–Trinajstić information content (AvgIpc) is 2.29. The van der Waals surface area contributed by atoms with Crippen LogP contribution in [0.5, 0.6) is 0 Å². The minimum Gasteiger partial charge on any atom is -0.244 e. The second-order valence-electron chi connectivity index (χ2n) is 2.97. The van der Waals surface area contributed by atoms with Gasteiger partial charge < -0.3 is 0 Å². The summed E-state index contributed by atoms with van der Waals surface area (Å²) < 4.78 is 0.875. The summed E-state index contributed by atoms with van der Waals surface area (Å²) in [5.74, 6) is 0. The Labute approximate surface area is 95.6 Å². The summed E-state index contributed by atoms with van der Waals surface area (Å²) in [5, 5.41) is 8.83. The van der Waals surface area contributed by atoms with Gasteiger partial charge in [0.25, 0.3) is 0 Å². The molecule has 0 aliphatic carbocycles. The van der Waals surface area contributed by atoms with Crippen LogP contribution >= 0.6 is 15.9 Å². The molecular weight excluding hydrogens is 254 g/mol. The Morgan fingerprint density at radius 3 is 2.47 bits per heavy atom. The molecule has 0 unspecified atom stereocenters. The first-order valence-electron chi connectivity index (χ1n) is 4.25. The fraction of sp³-hybridized carbons (Fsp3) is 0. The quantitative estimate of drug-likeness (QED) is 0.792. The van der Waals surface area contributed by atoms with Crippen molar-refractivity contribution in [2.24, 2.45) is 0 Å². The van der Waals surface area contributed by atoms with E-state index in [2.05, 4.69) is 32.0 Å². The van der Waals surface area contributed by atoms with Crippen LogP contribution in [-0.2, 0) is 0 Å². The Morgan fingerprint density at radius 1 is 1.07 bits per heavy atom. The van der Waals surface area contributed by atoms with Crippen LogP contribution in [0.3, 0.4) is 0 Å². The first-order chi connectivity index (χ1) is 7.29. The number of aromatic nitrogens is 2. The van der Waals surface area contributed by atoms with Gasteiger partial charge in [-0.25, -0.2) is 9.97 Å². The van der Waals surface area contributed by atoms with E-state index < -0.39 is 0 Å². The number of benzene rings is 1. The molecule has 15 heavy (non-hydrogen) atoms. The Bertz CT molecular complexity index is 517. The first-order valence-corrected chi connectivity index (χ1v) is 5.05. The molecule has 72 valence electrons. The lowest BCUT2D eigenvalue weighted by Crippen LogP contribution is -1.84. The molecule has 2 rings (SSSR count). The van der Waals surface area contributed by atoms with Gasteiger partial charge in [0.15, 0.2) is 0 Å². The molecule has 0 N–H and O–H groups in total. The third kappa shape index (κ3) is 2.20. The van der Waals surface area contributed by atoms with Crippen LogP contribution in [0.2, 0.25) is 0 Å². The second-order valence-corrected chi connectivity index (χ2v) is 3.88. The second kappa shape index (κ2) is 4.20. The molecule has 0 bridgehead atoms. The summed E-state index contributed by atoms with van der Waals surface area (Å²) in [6, 6.07) is 7.62. The molecule has 0 aliphatic heterocycles. The van der Waals surface area contributed by atoms with E-state index in [9.17, 15) is 0 Å². The van der Waals surface area contributed by atoms with Gasteiger partial charge in [-0.05, 0) is 23.8 Å². The van der Waals surface area contributed by atoms with E-state index in [4.69, 9.17) is 5.26 Å². The molecular formula is C11H6BrN3. The smallest absolute Gasteiger partial charge is 0.115 e. The van der Waals surface area contributed by atoms with E-state index in [1.807, 2.05) is 12.1 Å². The lowest BCUT2D eigenvalue weighted by Gasteiger charge is -2.01. The van der Waals surface area contributed by atoms with Gasteiger partial charge in [0.1, 0.15) is 6.33 Å². The Kier molecular flexibility index (Phi) is 2.75. The van der Waals surface area contributed by atoms with Crippen LogP contribution in [0.4, 0.5) is 0 Å². The van der Waals surface area contributed by atoms with Crippen LogP contribution < -0.4 is 0 Å². The van der Waals surface area contributed by atoms with Gasteiger partial charge in [-0.15, -0.1) is 0 Å². The number of hydrogen-bond donors (Lipinski definition) is 0. The van der Waals surface area contributed by atoms with E-state index >= 15 is 0 Å². The zero-order valence-electron chi connectivity index (χ0n) is 7.68. The van der Waals surface area contributed by atoms with Crippen LogP contribution in [0.1, 0.15) is 5.56 Å². The zero-order valence-corrected chi connectivity index (χ0v) is 9.27. The number of rotatable bonds is 1. The van der Waals surface area contributed by atoms with Gasteiger partial charge in [-0.2, -0.15) is 5.26 Å². The highest BCUT2D eigenvalue weighted by atomic mass is 79.9. The molecule has 1 aromatic carbocycles. The average molecular weight is 260 g/mol. The molecule has 0 atom stereocenters. The maximum atomic E-state index is 8.83. The maximum absolute atomic E-state index is 8.83. The van der Waals surface area contributed by atoms with Crippen LogP contribution in [0.15, 0.2) is 41.4 Å². The normalized spacial score (nSPS) is 9.60. The van der Waals surface area contributed by atoms with E-state index in [1.54, 1.807) is 18.5 Å². The van der Waals surface area contributed by atoms with Gasteiger partial charge in [-0.1, -0.05) is 15.9 Å². The zero-order chi connectivity index (χ0) is 10.7. The maximum Gasteiger partial charge on any atom is 0.115 e. The molecule has 0 fully saturated rings. The molecule has 0 amide bonds. The lowest BCUT2D eigenvalue weighted by molar-refractivity contribution is 1.17. The van der Waals surface area contributed by atoms with Crippen molar-refractivity contribution in [2.45, 2.75) is 0 Å². The van der Waals surface area contributed by atoms with E-state index in [-0.39, 0.29) is 0 Å². The van der Waals surface area contributed by atoms with Crippen molar-refractivity contribution in [3.63, 3.8) is 0 Å². The van der Waals surface area contributed by atoms with Crippen molar-refractivity contribution in [2.75, 3.05) is 0 Å². The molecule has 0 aliphatic rings. The predicted molar refractivity (Wildman–Crippen MR) is 59.9 cm³/mol. The molecule has 3 nitrogen and oxygen atoms in total. The summed E-state index contributed by atoms with van der Waals surface area (Å²) in [5.41, 5.74) is 2.44. The number of halogens is 1. The van der Waals surface area contributed by atoms with Crippen molar-refractivity contribution in [1.82, 2.24) is 9.97 Å². The van der Waals surface area contributed by atoms with Gasteiger partial charge in [0, 0.05) is 22.4 Å². The molecule has 2 aromatic rings. The minimum absolute atomic E-state index is 0.614. The first kappa shape index (κ1) is 9.81. The fourth-order valence-corrected chi connectivity index (χ4v) is 1.76. The van der Waals surface area contributed by atoms with Crippen molar-refractivity contribution in [3.8, 4) is 17.2 Å². The van der Waals surface area contributed by atoms with Crippen LogP contribution in [0, 0.1) is 11.3 Å². The topological polar surface area (TPSA) is 49.6 Å². The van der Waals surface area contributed by atoms with Gasteiger partial charge >= 0.3 is 0 Å². The van der Waals surface area contributed by atoms with Crippen molar-refractivity contribution < 1.29 is 0 Å². The molecule has 0 spiro atoms. The van der Waals surface area contributed by atoms with Crippen LogP contribution in [0.25, 0.3) is 11.1 Å². The van der Waals surface area contributed by atoms with E-state index in [0.717, 1.165) is 15.6 Å². The lowest BCUT2D eigenvalue weighted by atomic mass is 10.1. The van der Waals surface area contributed by atoms with Gasteiger partial charge in [-0.3, -0.25) is 0 Å².